The molecule has 1 aromatic heterocycles. The van der Waals surface area contributed by atoms with Crippen molar-refractivity contribution < 1.29 is 9.53 Å². The maximum Gasteiger partial charge on any atom is 0.323 e. The molecular formula is C13H18N4O3. The second-order valence-corrected chi connectivity index (χ2v) is 4.57. The van der Waals surface area contributed by atoms with E-state index in [2.05, 4.69) is 15.3 Å². The number of nitrogens with one attached hydrogen (secondary N) is 3. The van der Waals surface area contributed by atoms with Crippen LogP contribution in [0.15, 0.2) is 23.0 Å². The molecule has 2 rings (SSSR count). The number of amides is 1. The first-order valence-electron chi connectivity index (χ1n) is 6.30. The third kappa shape index (κ3) is 2.89. The Bertz CT molecular complexity index is 657. The Balaban J connectivity index is 2.16. The van der Waals surface area contributed by atoms with Crippen molar-refractivity contribution in [1.82, 2.24) is 15.3 Å². The molecule has 7 nitrogen and oxygen atoms in total. The molecule has 1 heterocycles. The number of nitrogens with two attached hydrogens (primary N) is 1. The predicted octanol–water partition coefficient (Wildman–Crippen LogP) is 0.00710. The number of hydrogen-bond acceptors (Lipinski definition) is 4. The number of aromatic nitrogens is 2. The van der Waals surface area contributed by atoms with Crippen molar-refractivity contribution in [3.8, 4) is 0 Å². The van der Waals surface area contributed by atoms with Gasteiger partial charge in [-0.05, 0) is 24.6 Å². The molecule has 2 aromatic rings. The molecule has 0 bridgehead atoms. The molecule has 0 radical (unpaired) electrons. The number of H-pyrrole nitrogens is 2. The van der Waals surface area contributed by atoms with E-state index < -0.39 is 6.10 Å². The molecule has 0 aliphatic carbocycles. The Kier molecular flexibility index (Phi) is 4.21. The summed E-state index contributed by atoms with van der Waals surface area (Å²) in [6, 6.07) is 5.25. The normalized spacial score (nSPS) is 14.2. The number of aromatic amines is 2. The first-order valence-corrected chi connectivity index (χ1v) is 6.30. The molecule has 0 saturated carbocycles. The molecule has 0 aliphatic rings. The molecule has 2 unspecified atom stereocenters. The topological polar surface area (TPSA) is 113 Å². The highest BCUT2D eigenvalue weighted by Gasteiger charge is 2.18. The van der Waals surface area contributed by atoms with Crippen molar-refractivity contribution in [3.05, 3.63) is 34.2 Å². The van der Waals surface area contributed by atoms with Gasteiger partial charge in [-0.3, -0.25) is 4.79 Å². The van der Waals surface area contributed by atoms with Crippen LogP contribution in [0, 0.1) is 0 Å². The van der Waals surface area contributed by atoms with E-state index in [1.807, 2.05) is 19.1 Å². The van der Waals surface area contributed by atoms with Crippen LogP contribution in [0.4, 0.5) is 0 Å². The average Bonchev–Trinajstić information content (AvgIpc) is 2.78. The summed E-state index contributed by atoms with van der Waals surface area (Å²) >= 11 is 0. The van der Waals surface area contributed by atoms with Crippen LogP contribution in [0.5, 0.6) is 0 Å². The van der Waals surface area contributed by atoms with E-state index in [1.165, 1.54) is 7.11 Å². The number of methoxy groups -OCH3 is 1. The number of carbonyl (C=O) groups is 1. The number of fused-ring (bicyclic) bond motifs is 1. The van der Waals surface area contributed by atoms with Crippen molar-refractivity contribution in [1.29, 1.82) is 0 Å². The quantitative estimate of drug-likeness (QED) is 0.617. The summed E-state index contributed by atoms with van der Waals surface area (Å²) in [5, 5.41) is 2.82. The first-order chi connectivity index (χ1) is 9.55. The predicted molar refractivity (Wildman–Crippen MR) is 75.3 cm³/mol. The summed E-state index contributed by atoms with van der Waals surface area (Å²) in [6.07, 6.45) is -0.659. The third-order valence-electron chi connectivity index (χ3n) is 3.19. The van der Waals surface area contributed by atoms with Gasteiger partial charge >= 0.3 is 5.69 Å². The van der Waals surface area contributed by atoms with Gasteiger partial charge < -0.3 is 25.8 Å². The van der Waals surface area contributed by atoms with Crippen LogP contribution < -0.4 is 16.7 Å². The molecule has 0 spiro atoms. The molecular weight excluding hydrogens is 260 g/mol. The van der Waals surface area contributed by atoms with Gasteiger partial charge in [0.25, 0.3) is 5.91 Å². The minimum Gasteiger partial charge on any atom is -0.370 e. The Labute approximate surface area is 115 Å². The molecule has 108 valence electrons. The van der Waals surface area contributed by atoms with Crippen molar-refractivity contribution >= 4 is 16.9 Å². The van der Waals surface area contributed by atoms with Crippen LogP contribution in [0.25, 0.3) is 11.0 Å². The van der Waals surface area contributed by atoms with Gasteiger partial charge in [0.15, 0.2) is 0 Å². The van der Waals surface area contributed by atoms with E-state index >= 15 is 0 Å². The zero-order valence-corrected chi connectivity index (χ0v) is 11.4. The number of imidazole rings is 1. The van der Waals surface area contributed by atoms with Crippen LogP contribution in [0.1, 0.15) is 18.5 Å². The molecule has 2 atom stereocenters. The minimum absolute atomic E-state index is 0.124. The Hall–Kier alpha value is -2.12. The highest BCUT2D eigenvalue weighted by molar-refractivity contribution is 5.82. The van der Waals surface area contributed by atoms with Gasteiger partial charge in [-0.15, -0.1) is 0 Å². The molecule has 1 amide bonds. The number of ether oxygens (including phenoxy) is 1. The summed E-state index contributed by atoms with van der Waals surface area (Å²) in [4.78, 5) is 28.4. The summed E-state index contributed by atoms with van der Waals surface area (Å²) in [5.74, 6) is -0.259. The van der Waals surface area contributed by atoms with Crippen LogP contribution in [-0.4, -0.2) is 35.6 Å². The second kappa shape index (κ2) is 5.89. The zero-order valence-electron chi connectivity index (χ0n) is 11.4. The van der Waals surface area contributed by atoms with Crippen LogP contribution in [-0.2, 0) is 9.53 Å². The lowest BCUT2D eigenvalue weighted by molar-refractivity contribution is -0.131. The fourth-order valence-corrected chi connectivity index (χ4v) is 2.02. The van der Waals surface area contributed by atoms with Crippen LogP contribution in [0.2, 0.25) is 0 Å². The monoisotopic (exact) mass is 278 g/mol. The van der Waals surface area contributed by atoms with Gasteiger partial charge in [-0.1, -0.05) is 6.07 Å². The van der Waals surface area contributed by atoms with Crippen LogP contribution in [0.3, 0.4) is 0 Å². The van der Waals surface area contributed by atoms with Gasteiger partial charge in [-0.25, -0.2) is 4.79 Å². The maximum atomic E-state index is 11.9. The summed E-state index contributed by atoms with van der Waals surface area (Å²) in [6.45, 7) is 1.98. The molecule has 5 N–H and O–H groups in total. The van der Waals surface area contributed by atoms with Crippen molar-refractivity contribution in [3.63, 3.8) is 0 Å². The lowest BCUT2D eigenvalue weighted by Gasteiger charge is -2.18. The summed E-state index contributed by atoms with van der Waals surface area (Å²) in [5.41, 5.74) is 7.51. The first kappa shape index (κ1) is 14.3. The zero-order chi connectivity index (χ0) is 14.7. The number of benzene rings is 1. The third-order valence-corrected chi connectivity index (χ3v) is 3.19. The van der Waals surface area contributed by atoms with E-state index in [0.717, 1.165) is 11.1 Å². The lowest BCUT2D eigenvalue weighted by atomic mass is 10.1. The molecule has 0 fully saturated rings. The second-order valence-electron chi connectivity index (χ2n) is 4.57. The summed E-state index contributed by atoms with van der Waals surface area (Å²) < 4.78 is 4.98. The molecule has 1 aromatic carbocycles. The van der Waals surface area contributed by atoms with E-state index in [0.29, 0.717) is 5.52 Å². The smallest absolute Gasteiger partial charge is 0.323 e. The van der Waals surface area contributed by atoms with Gasteiger partial charge in [0.2, 0.25) is 0 Å². The van der Waals surface area contributed by atoms with E-state index in [4.69, 9.17) is 10.5 Å². The van der Waals surface area contributed by atoms with Crippen molar-refractivity contribution in [2.75, 3.05) is 13.7 Å². The van der Waals surface area contributed by atoms with E-state index in [1.54, 1.807) is 6.07 Å². The Morgan fingerprint density at radius 3 is 2.75 bits per heavy atom. The molecule has 0 saturated heterocycles. The average molecular weight is 278 g/mol. The van der Waals surface area contributed by atoms with Crippen LogP contribution >= 0.6 is 0 Å². The highest BCUT2D eigenvalue weighted by atomic mass is 16.5. The van der Waals surface area contributed by atoms with Crippen molar-refractivity contribution in [2.45, 2.75) is 19.1 Å². The molecule has 7 heteroatoms. The largest absolute Gasteiger partial charge is 0.370 e. The van der Waals surface area contributed by atoms with E-state index in [9.17, 15) is 9.59 Å². The number of rotatable bonds is 5. The Morgan fingerprint density at radius 2 is 2.10 bits per heavy atom. The van der Waals surface area contributed by atoms with Gasteiger partial charge in [0.1, 0.15) is 6.10 Å². The SMILES string of the molecule is COC(CN)C(=O)NC(C)c1ccc2[nH]c(=O)[nH]c2c1. The van der Waals surface area contributed by atoms with E-state index in [-0.39, 0.29) is 24.2 Å². The lowest BCUT2D eigenvalue weighted by Crippen LogP contribution is -2.41. The minimum atomic E-state index is -0.659. The fraction of sp³-hybridized carbons (Fsp3) is 0.385. The highest BCUT2D eigenvalue weighted by Crippen LogP contribution is 2.17. The summed E-state index contributed by atoms with van der Waals surface area (Å²) in [7, 11) is 1.44. The van der Waals surface area contributed by atoms with Gasteiger partial charge in [-0.2, -0.15) is 0 Å². The Morgan fingerprint density at radius 1 is 1.40 bits per heavy atom. The number of hydrogen-bond donors (Lipinski definition) is 4. The van der Waals surface area contributed by atoms with Crippen molar-refractivity contribution in [2.24, 2.45) is 5.73 Å². The fourth-order valence-electron chi connectivity index (χ4n) is 2.02. The standard InChI is InChI=1S/C13H18N4O3/c1-7(15-12(18)11(6-14)20-2)8-3-4-9-10(5-8)17-13(19)16-9/h3-5,7,11H,6,14H2,1-2H3,(H,15,18)(H2,16,17,19). The molecule has 20 heavy (non-hydrogen) atoms. The van der Waals surface area contributed by atoms with Gasteiger partial charge in [0.05, 0.1) is 17.1 Å². The van der Waals surface area contributed by atoms with Gasteiger partial charge in [0, 0.05) is 13.7 Å². The molecule has 0 aliphatic heterocycles. The number of carbonyl (C=O) groups excluding carboxylic acids is 1. The maximum absolute atomic E-state index is 11.9.